The van der Waals surface area contributed by atoms with Crippen molar-refractivity contribution in [2.24, 2.45) is 5.92 Å². The fourth-order valence-corrected chi connectivity index (χ4v) is 3.42. The highest BCUT2D eigenvalue weighted by Gasteiger charge is 2.30. The molecule has 6 nitrogen and oxygen atoms in total. The number of nitrogens with one attached hydrogen (secondary N) is 1. The zero-order valence-electron chi connectivity index (χ0n) is 13.5. The maximum Gasteiger partial charge on any atom is 0.317 e. The minimum atomic E-state index is -0.188. The first-order chi connectivity index (χ1) is 10.6. The Kier molecular flexibility index (Phi) is 4.38. The summed E-state index contributed by atoms with van der Waals surface area (Å²) in [6.45, 7) is 5.24. The molecule has 1 aromatic rings. The molecule has 0 radical (unpaired) electrons. The highest BCUT2D eigenvalue weighted by Crippen LogP contribution is 2.24. The number of carbonyl (C=O) groups excluding carboxylic acids is 1. The van der Waals surface area contributed by atoms with E-state index in [-0.39, 0.29) is 11.6 Å². The maximum atomic E-state index is 12.2. The highest BCUT2D eigenvalue weighted by atomic mass is 16.5. The fourth-order valence-electron chi connectivity index (χ4n) is 3.42. The zero-order chi connectivity index (χ0) is 15.6. The molecule has 0 aromatic carbocycles. The second-order valence-electron chi connectivity index (χ2n) is 6.84. The molecule has 122 valence electrons. The van der Waals surface area contributed by atoms with Gasteiger partial charge in [-0.2, -0.15) is 0 Å². The van der Waals surface area contributed by atoms with E-state index < -0.39 is 0 Å². The number of carbonyl (C=O) groups is 1. The Morgan fingerprint density at radius 2 is 2.50 bits per heavy atom. The molecular formula is C16H26N4O2. The van der Waals surface area contributed by atoms with Crippen molar-refractivity contribution in [1.82, 2.24) is 19.8 Å². The summed E-state index contributed by atoms with van der Waals surface area (Å²) in [5, 5.41) is 3.01. The monoisotopic (exact) mass is 306 g/mol. The van der Waals surface area contributed by atoms with Gasteiger partial charge in [0.15, 0.2) is 0 Å². The summed E-state index contributed by atoms with van der Waals surface area (Å²) in [5.41, 5.74) is -0.188. The third-order valence-electron chi connectivity index (χ3n) is 4.84. The minimum absolute atomic E-state index is 0.00867. The first kappa shape index (κ1) is 15.3. The third-order valence-corrected chi connectivity index (χ3v) is 4.84. The van der Waals surface area contributed by atoms with E-state index in [2.05, 4.69) is 21.8 Å². The molecular weight excluding hydrogens is 280 g/mol. The Hall–Kier alpha value is -1.56. The van der Waals surface area contributed by atoms with Crippen molar-refractivity contribution in [1.29, 1.82) is 0 Å². The molecule has 22 heavy (non-hydrogen) atoms. The molecule has 1 fully saturated rings. The number of hydrogen-bond acceptors (Lipinski definition) is 3. The van der Waals surface area contributed by atoms with Crippen LogP contribution in [0.3, 0.4) is 0 Å². The van der Waals surface area contributed by atoms with Crippen LogP contribution < -0.4 is 5.32 Å². The summed E-state index contributed by atoms with van der Waals surface area (Å²) in [6, 6.07) is -0.00867. The topological polar surface area (TPSA) is 59.4 Å². The maximum absolute atomic E-state index is 12.2. The van der Waals surface area contributed by atoms with Crippen LogP contribution >= 0.6 is 0 Å². The zero-order valence-corrected chi connectivity index (χ0v) is 13.5. The lowest BCUT2D eigenvalue weighted by Crippen LogP contribution is -2.46. The Morgan fingerprint density at radius 1 is 1.64 bits per heavy atom. The summed E-state index contributed by atoms with van der Waals surface area (Å²) >= 11 is 0. The Labute approximate surface area is 131 Å². The van der Waals surface area contributed by atoms with Gasteiger partial charge in [-0.1, -0.05) is 0 Å². The lowest BCUT2D eigenvalue weighted by Gasteiger charge is -2.29. The second kappa shape index (κ2) is 6.28. The Morgan fingerprint density at radius 3 is 3.27 bits per heavy atom. The van der Waals surface area contributed by atoms with Gasteiger partial charge >= 0.3 is 6.03 Å². The van der Waals surface area contributed by atoms with Crippen molar-refractivity contribution in [2.45, 2.75) is 44.8 Å². The molecule has 1 aromatic heterocycles. The SMILES string of the molecule is CN(C[C@@H]1CCn2ccnc2C1)C(=O)NC[C@]1(C)CCCO1. The van der Waals surface area contributed by atoms with Gasteiger partial charge in [0.05, 0.1) is 5.60 Å². The number of fused-ring (bicyclic) bond motifs is 1. The second-order valence-corrected chi connectivity index (χ2v) is 6.84. The van der Waals surface area contributed by atoms with Crippen LogP contribution in [0.25, 0.3) is 0 Å². The molecule has 0 saturated carbocycles. The quantitative estimate of drug-likeness (QED) is 0.920. The molecule has 0 unspecified atom stereocenters. The first-order valence-corrected chi connectivity index (χ1v) is 8.19. The fraction of sp³-hybridized carbons (Fsp3) is 0.750. The average Bonchev–Trinajstić information content (AvgIpc) is 3.13. The van der Waals surface area contributed by atoms with Crippen LogP contribution in [0.4, 0.5) is 4.79 Å². The molecule has 0 bridgehead atoms. The van der Waals surface area contributed by atoms with E-state index >= 15 is 0 Å². The van der Waals surface area contributed by atoms with Crippen molar-refractivity contribution < 1.29 is 9.53 Å². The molecule has 0 spiro atoms. The van der Waals surface area contributed by atoms with Crippen LogP contribution in [0.1, 0.15) is 32.0 Å². The number of aryl methyl sites for hydroxylation is 1. The van der Waals surface area contributed by atoms with Gasteiger partial charge in [-0.25, -0.2) is 9.78 Å². The van der Waals surface area contributed by atoms with Crippen LogP contribution in [0.5, 0.6) is 0 Å². The number of rotatable bonds is 4. The van der Waals surface area contributed by atoms with E-state index in [0.717, 1.165) is 51.2 Å². The van der Waals surface area contributed by atoms with Crippen LogP contribution in [-0.4, -0.2) is 52.8 Å². The molecule has 2 atom stereocenters. The number of imidazole rings is 1. The van der Waals surface area contributed by atoms with Crippen molar-refractivity contribution in [3.63, 3.8) is 0 Å². The van der Waals surface area contributed by atoms with Crippen molar-refractivity contribution in [2.75, 3.05) is 26.7 Å². The lowest BCUT2D eigenvalue weighted by molar-refractivity contribution is 0.0220. The smallest absolute Gasteiger partial charge is 0.317 e. The predicted octanol–water partition coefficient (Wildman–Crippen LogP) is 1.66. The minimum Gasteiger partial charge on any atom is -0.373 e. The molecule has 6 heteroatoms. The van der Waals surface area contributed by atoms with Gasteiger partial charge in [0.25, 0.3) is 0 Å². The molecule has 3 heterocycles. The van der Waals surface area contributed by atoms with E-state index in [9.17, 15) is 4.79 Å². The van der Waals surface area contributed by atoms with Crippen molar-refractivity contribution >= 4 is 6.03 Å². The van der Waals surface area contributed by atoms with Crippen LogP contribution in [0.2, 0.25) is 0 Å². The summed E-state index contributed by atoms with van der Waals surface area (Å²) < 4.78 is 7.91. The van der Waals surface area contributed by atoms with Gasteiger partial charge in [0, 0.05) is 52.1 Å². The molecule has 1 saturated heterocycles. The normalized spacial score (nSPS) is 27.5. The average molecular weight is 306 g/mol. The number of nitrogens with zero attached hydrogens (tertiary/aromatic N) is 3. The van der Waals surface area contributed by atoms with Crippen molar-refractivity contribution in [3.05, 3.63) is 18.2 Å². The van der Waals surface area contributed by atoms with E-state index in [1.54, 1.807) is 4.90 Å². The molecule has 0 aliphatic carbocycles. The molecule has 2 aliphatic heterocycles. The lowest BCUT2D eigenvalue weighted by atomic mass is 9.97. The predicted molar refractivity (Wildman–Crippen MR) is 83.7 cm³/mol. The van der Waals surface area contributed by atoms with Crippen LogP contribution in [0, 0.1) is 5.92 Å². The Balaban J connectivity index is 1.45. The summed E-state index contributed by atoms with van der Waals surface area (Å²) in [5.74, 6) is 1.63. The standard InChI is InChI=1S/C16H26N4O2/c1-16(5-3-9-22-16)12-18-15(21)19(2)11-13-4-7-20-8-6-17-14(20)10-13/h6,8,13H,3-5,7,9-12H2,1-2H3,(H,18,21)/t13-,16+/m1/s1. The number of amides is 2. The summed E-state index contributed by atoms with van der Waals surface area (Å²) in [6.07, 6.45) is 8.03. The molecule has 1 N–H and O–H groups in total. The van der Waals surface area contributed by atoms with Gasteiger partial charge in [0.2, 0.25) is 0 Å². The summed E-state index contributed by atoms with van der Waals surface area (Å²) in [7, 11) is 1.87. The van der Waals surface area contributed by atoms with Gasteiger partial charge in [-0.05, 0) is 32.1 Å². The van der Waals surface area contributed by atoms with Crippen LogP contribution in [-0.2, 0) is 17.7 Å². The number of ether oxygens (including phenoxy) is 1. The molecule has 3 rings (SSSR count). The van der Waals surface area contributed by atoms with Gasteiger partial charge in [0.1, 0.15) is 5.82 Å². The number of aromatic nitrogens is 2. The van der Waals surface area contributed by atoms with Crippen molar-refractivity contribution in [3.8, 4) is 0 Å². The van der Waals surface area contributed by atoms with E-state index in [1.807, 2.05) is 19.4 Å². The molecule has 2 aliphatic rings. The van der Waals surface area contributed by atoms with E-state index in [0.29, 0.717) is 12.5 Å². The largest absolute Gasteiger partial charge is 0.373 e. The Bertz CT molecular complexity index is 522. The number of urea groups is 1. The van der Waals surface area contributed by atoms with Gasteiger partial charge in [-0.15, -0.1) is 0 Å². The number of hydrogen-bond donors (Lipinski definition) is 1. The van der Waals surface area contributed by atoms with Gasteiger partial charge in [-0.3, -0.25) is 0 Å². The van der Waals surface area contributed by atoms with Crippen LogP contribution in [0.15, 0.2) is 12.4 Å². The van der Waals surface area contributed by atoms with E-state index in [1.165, 1.54) is 0 Å². The molecule has 2 amide bonds. The summed E-state index contributed by atoms with van der Waals surface area (Å²) in [4.78, 5) is 18.4. The first-order valence-electron chi connectivity index (χ1n) is 8.19. The van der Waals surface area contributed by atoms with Gasteiger partial charge < -0.3 is 19.5 Å². The van der Waals surface area contributed by atoms with E-state index in [4.69, 9.17) is 4.74 Å². The third kappa shape index (κ3) is 3.43. The highest BCUT2D eigenvalue weighted by molar-refractivity contribution is 5.73.